The third kappa shape index (κ3) is 5.50. The van der Waals surface area contributed by atoms with Crippen molar-refractivity contribution in [2.45, 2.75) is 10.9 Å². The van der Waals surface area contributed by atoms with Crippen molar-refractivity contribution in [3.63, 3.8) is 0 Å². The predicted molar refractivity (Wildman–Crippen MR) is 67.4 cm³/mol. The van der Waals surface area contributed by atoms with Gasteiger partial charge in [0.1, 0.15) is 0 Å². The summed E-state index contributed by atoms with van der Waals surface area (Å²) in [5.74, 6) is 0. The van der Waals surface area contributed by atoms with Crippen LogP contribution >= 0.6 is 26.8 Å². The van der Waals surface area contributed by atoms with Gasteiger partial charge in [-0.05, 0) is 0 Å². The molecule has 0 N–H and O–H groups in total. The van der Waals surface area contributed by atoms with Crippen molar-refractivity contribution in [1.29, 1.82) is 0 Å². The van der Waals surface area contributed by atoms with E-state index in [1.165, 1.54) is 5.56 Å². The number of allylic oxidation sites excluding steroid dienone is 1. The number of rotatable bonds is 4. The molecule has 0 bridgehead atoms. The van der Waals surface area contributed by atoms with Crippen molar-refractivity contribution in [3.05, 3.63) is 48.0 Å². The van der Waals surface area contributed by atoms with Gasteiger partial charge in [0.2, 0.25) is 0 Å². The Bertz CT molecular complexity index is 303. The zero-order valence-corrected chi connectivity index (χ0v) is 12.8. The van der Waals surface area contributed by atoms with Gasteiger partial charge in [0, 0.05) is 0 Å². The molecule has 0 aromatic heterocycles. The summed E-state index contributed by atoms with van der Waals surface area (Å²) in [6.07, 6.45) is 0.811. The molecule has 0 spiro atoms. The van der Waals surface area contributed by atoms with Crippen LogP contribution in [0.5, 0.6) is 0 Å². The molecular formula is C10H11Cl3Sn. The van der Waals surface area contributed by atoms with Crippen LogP contribution < -0.4 is 0 Å². The second kappa shape index (κ2) is 5.64. The van der Waals surface area contributed by atoms with E-state index in [1.54, 1.807) is 0 Å². The minimum atomic E-state index is -3.24. The van der Waals surface area contributed by atoms with Gasteiger partial charge in [-0.3, -0.25) is 0 Å². The van der Waals surface area contributed by atoms with Crippen LogP contribution in [0.25, 0.3) is 0 Å². The van der Waals surface area contributed by atoms with Gasteiger partial charge in [-0.1, -0.05) is 0 Å². The van der Waals surface area contributed by atoms with Crippen LogP contribution in [0, 0.1) is 0 Å². The third-order valence-corrected chi connectivity index (χ3v) is 7.01. The first-order chi connectivity index (χ1) is 6.47. The number of hydrogen-bond donors (Lipinski definition) is 0. The van der Waals surface area contributed by atoms with E-state index in [2.05, 4.69) is 18.7 Å². The van der Waals surface area contributed by atoms with Crippen molar-refractivity contribution >= 4 is 41.8 Å². The van der Waals surface area contributed by atoms with Crippen LogP contribution in [0.1, 0.15) is 5.56 Å². The predicted octanol–water partition coefficient (Wildman–Crippen LogP) is 4.44. The van der Waals surface area contributed by atoms with Gasteiger partial charge in [0.15, 0.2) is 0 Å². The Morgan fingerprint density at radius 1 is 1.14 bits per heavy atom. The molecule has 0 saturated carbocycles. The Balaban J connectivity index is 2.50. The Kier molecular flexibility index (Phi) is 5.12. The standard InChI is InChI=1S/C10H11.3ClH.Sn/c1-9(2)8-10-6-4-3-5-7-10;;;;/h3-7H,1-2,8H2;3*1H;/q;;;;+3/p-3. The molecule has 0 nitrogen and oxygen atoms in total. The Hall–Kier alpha value is 0.629. The fraction of sp³-hybridized carbons (Fsp3) is 0.200. The van der Waals surface area contributed by atoms with Crippen LogP contribution in [0.15, 0.2) is 42.5 Å². The van der Waals surface area contributed by atoms with E-state index < -0.39 is 15.0 Å². The van der Waals surface area contributed by atoms with E-state index in [9.17, 15) is 0 Å². The fourth-order valence-electron chi connectivity index (χ4n) is 1.23. The first kappa shape index (κ1) is 12.7. The molecule has 0 unspecified atom stereocenters. The summed E-state index contributed by atoms with van der Waals surface area (Å²) in [5.41, 5.74) is 2.24. The van der Waals surface area contributed by atoms with Crippen LogP contribution in [-0.2, 0) is 6.42 Å². The second-order valence-electron chi connectivity index (χ2n) is 3.20. The molecule has 0 atom stereocenters. The zero-order valence-electron chi connectivity index (χ0n) is 7.64. The molecule has 0 aliphatic heterocycles. The molecule has 76 valence electrons. The maximum atomic E-state index is 5.87. The quantitative estimate of drug-likeness (QED) is 0.553. The van der Waals surface area contributed by atoms with E-state index >= 15 is 0 Å². The Labute approximate surface area is 99.9 Å². The first-order valence-corrected chi connectivity index (χ1v) is 17.1. The summed E-state index contributed by atoms with van der Waals surface area (Å²) < 4.78 is 0.605. The SMILES string of the molecule is C=C(Cc1ccccc1)[CH2][Sn]([Cl])([Cl])[Cl]. The number of hydrogen-bond acceptors (Lipinski definition) is 0. The molecule has 0 aliphatic carbocycles. The summed E-state index contributed by atoms with van der Waals surface area (Å²) in [4.78, 5) is 0. The summed E-state index contributed by atoms with van der Waals surface area (Å²) in [6, 6.07) is 10.1. The maximum absolute atomic E-state index is 5.87. The van der Waals surface area contributed by atoms with E-state index in [-0.39, 0.29) is 0 Å². The van der Waals surface area contributed by atoms with E-state index in [0.717, 1.165) is 12.0 Å². The fourth-order valence-corrected chi connectivity index (χ4v) is 7.01. The molecule has 1 aromatic rings. The third-order valence-electron chi connectivity index (χ3n) is 1.75. The zero-order chi connectivity index (χ0) is 10.6. The van der Waals surface area contributed by atoms with Gasteiger partial charge in [-0.2, -0.15) is 0 Å². The number of benzene rings is 1. The van der Waals surface area contributed by atoms with E-state index in [1.807, 2.05) is 18.2 Å². The van der Waals surface area contributed by atoms with Crippen molar-refractivity contribution in [2.24, 2.45) is 0 Å². The van der Waals surface area contributed by atoms with Gasteiger partial charge < -0.3 is 0 Å². The Morgan fingerprint density at radius 2 is 1.71 bits per heavy atom. The van der Waals surface area contributed by atoms with Gasteiger partial charge >= 0.3 is 101 Å². The van der Waals surface area contributed by atoms with Crippen molar-refractivity contribution in [1.82, 2.24) is 0 Å². The minimum absolute atomic E-state index is 0.605. The van der Waals surface area contributed by atoms with Crippen LogP contribution in [0.2, 0.25) is 4.44 Å². The van der Waals surface area contributed by atoms with Crippen molar-refractivity contribution < 1.29 is 0 Å². The summed E-state index contributed by atoms with van der Waals surface area (Å²) >= 11 is -3.24. The molecule has 0 saturated heterocycles. The topological polar surface area (TPSA) is 0 Å². The summed E-state index contributed by atoms with van der Waals surface area (Å²) in [5, 5.41) is 0. The summed E-state index contributed by atoms with van der Waals surface area (Å²) in [6.45, 7) is 3.93. The summed E-state index contributed by atoms with van der Waals surface area (Å²) in [7, 11) is 17.6. The second-order valence-corrected chi connectivity index (χ2v) is 24.6. The molecule has 4 heteroatoms. The average molecular weight is 356 g/mol. The van der Waals surface area contributed by atoms with Crippen molar-refractivity contribution in [2.75, 3.05) is 0 Å². The van der Waals surface area contributed by atoms with Crippen molar-refractivity contribution in [3.8, 4) is 0 Å². The molecule has 1 rings (SSSR count). The monoisotopic (exact) mass is 356 g/mol. The number of halogens is 3. The first-order valence-electron chi connectivity index (χ1n) is 4.25. The normalized spacial score (nSPS) is 11.4. The van der Waals surface area contributed by atoms with Gasteiger partial charge in [0.25, 0.3) is 0 Å². The molecule has 0 aliphatic rings. The molecule has 1 aromatic carbocycles. The molecule has 0 radical (unpaired) electrons. The molecular weight excluding hydrogens is 345 g/mol. The molecule has 0 amide bonds. The molecule has 14 heavy (non-hydrogen) atoms. The van der Waals surface area contributed by atoms with E-state index in [0.29, 0.717) is 4.44 Å². The van der Waals surface area contributed by atoms with Gasteiger partial charge in [0.05, 0.1) is 0 Å². The van der Waals surface area contributed by atoms with Gasteiger partial charge in [-0.15, -0.1) is 0 Å². The van der Waals surface area contributed by atoms with Gasteiger partial charge in [-0.25, -0.2) is 0 Å². The Morgan fingerprint density at radius 3 is 2.21 bits per heavy atom. The van der Waals surface area contributed by atoms with Crippen LogP contribution in [0.3, 0.4) is 0 Å². The van der Waals surface area contributed by atoms with Crippen LogP contribution in [-0.4, -0.2) is 15.0 Å². The average Bonchev–Trinajstić information content (AvgIpc) is 2.02. The molecule has 0 fully saturated rings. The molecule has 0 heterocycles. The van der Waals surface area contributed by atoms with Crippen LogP contribution in [0.4, 0.5) is 0 Å². The van der Waals surface area contributed by atoms with E-state index in [4.69, 9.17) is 26.8 Å².